The number of thiazole rings is 1. The van der Waals surface area contributed by atoms with Crippen LogP contribution in [0.4, 0.5) is 15.6 Å². The van der Waals surface area contributed by atoms with Gasteiger partial charge in [0.2, 0.25) is 5.91 Å². The van der Waals surface area contributed by atoms with Gasteiger partial charge in [0.15, 0.2) is 5.13 Å². The van der Waals surface area contributed by atoms with E-state index in [9.17, 15) is 9.59 Å². The first-order valence-electron chi connectivity index (χ1n) is 13.9. The summed E-state index contributed by atoms with van der Waals surface area (Å²) in [6, 6.07) is 24.4. The Morgan fingerprint density at radius 3 is 2.00 bits per heavy atom. The second-order valence-corrected chi connectivity index (χ2v) is 18.5. The van der Waals surface area contributed by atoms with Crippen LogP contribution in [0.15, 0.2) is 72.8 Å². The van der Waals surface area contributed by atoms with Crippen LogP contribution >= 0.6 is 27.3 Å². The molecular formula is C32H38BrN3O4SSi. The molecule has 7 nitrogen and oxygen atoms in total. The van der Waals surface area contributed by atoms with Gasteiger partial charge in [-0.1, -0.05) is 116 Å². The number of hydrogen-bond acceptors (Lipinski definition) is 6. The van der Waals surface area contributed by atoms with Gasteiger partial charge in [-0.2, -0.15) is 0 Å². The molecule has 42 heavy (non-hydrogen) atoms. The van der Waals surface area contributed by atoms with Gasteiger partial charge in [-0.15, -0.1) is 0 Å². The molecule has 1 aromatic heterocycles. The van der Waals surface area contributed by atoms with E-state index in [1.165, 1.54) is 11.3 Å². The molecule has 0 aliphatic carbocycles. The van der Waals surface area contributed by atoms with Gasteiger partial charge < -0.3 is 14.5 Å². The summed E-state index contributed by atoms with van der Waals surface area (Å²) in [6.45, 7) is 14.0. The Bertz CT molecular complexity index is 1510. The number of halogens is 1. The van der Waals surface area contributed by atoms with E-state index >= 15 is 0 Å². The lowest BCUT2D eigenvalue weighted by Crippen LogP contribution is -2.68. The predicted molar refractivity (Wildman–Crippen MR) is 179 cm³/mol. The Morgan fingerprint density at radius 1 is 0.929 bits per heavy atom. The molecule has 3 aromatic carbocycles. The minimum absolute atomic E-state index is 0.148. The second kappa shape index (κ2) is 12.6. The van der Waals surface area contributed by atoms with Crippen LogP contribution in [-0.2, 0) is 9.53 Å². The Labute approximate surface area is 261 Å². The lowest BCUT2D eigenvalue weighted by Gasteiger charge is -2.43. The maximum Gasteiger partial charge on any atom is 0.413 e. The fourth-order valence-electron chi connectivity index (χ4n) is 4.81. The number of anilines is 2. The third-order valence-electron chi connectivity index (χ3n) is 6.66. The molecule has 0 spiro atoms. The molecule has 0 bridgehead atoms. The van der Waals surface area contributed by atoms with Crippen LogP contribution in [0.3, 0.4) is 0 Å². The van der Waals surface area contributed by atoms with Crippen molar-refractivity contribution in [2.75, 3.05) is 10.6 Å². The molecular weight excluding hydrogens is 630 g/mol. The molecule has 4 aromatic rings. The second-order valence-electron chi connectivity index (χ2n) is 12.1. The molecule has 0 saturated heterocycles. The summed E-state index contributed by atoms with van der Waals surface area (Å²) in [5.74, 6) is 0.387. The Balaban J connectivity index is 1.91. The highest BCUT2D eigenvalue weighted by Gasteiger charge is 2.52. The standard InChI is InChI=1S/C32H38BrN3O4SSi/c1-8-24(33)28(37)34-21-19-25(27-26(20-21)41-29(35-27)36-30(38)39-31(2,3)4)40-42(32(5,6)7,22-15-11-9-12-16-22)23-17-13-10-14-18-23/h9-20,24H,8H2,1-7H3,(H,34,37)(H,35,36,38). The van der Waals surface area contributed by atoms with Crippen molar-refractivity contribution in [3.05, 3.63) is 72.8 Å². The molecule has 2 amide bonds. The Hall–Kier alpha value is -3.21. The van der Waals surface area contributed by atoms with Crippen LogP contribution in [0.25, 0.3) is 10.2 Å². The zero-order valence-electron chi connectivity index (χ0n) is 25.1. The summed E-state index contributed by atoms with van der Waals surface area (Å²) in [6.07, 6.45) is 0.0545. The maximum absolute atomic E-state index is 12.9. The fourth-order valence-corrected chi connectivity index (χ4v) is 10.3. The van der Waals surface area contributed by atoms with Crippen LogP contribution in [0, 0.1) is 0 Å². The van der Waals surface area contributed by atoms with E-state index in [2.05, 4.69) is 71.6 Å². The third-order valence-corrected chi connectivity index (χ3v) is 13.6. The molecule has 4 rings (SSSR count). The molecule has 222 valence electrons. The van der Waals surface area contributed by atoms with Gasteiger partial charge in [-0.3, -0.25) is 10.1 Å². The number of nitrogens with one attached hydrogen (secondary N) is 2. The predicted octanol–water partition coefficient (Wildman–Crippen LogP) is 7.69. The molecule has 0 radical (unpaired) electrons. The van der Waals surface area contributed by atoms with Crippen LogP contribution in [-0.4, -0.2) is 35.7 Å². The summed E-state index contributed by atoms with van der Waals surface area (Å²) >= 11 is 4.75. The van der Waals surface area contributed by atoms with E-state index in [4.69, 9.17) is 14.1 Å². The van der Waals surface area contributed by atoms with Crippen LogP contribution in [0.1, 0.15) is 54.9 Å². The van der Waals surface area contributed by atoms with Crippen LogP contribution < -0.4 is 25.4 Å². The molecule has 1 heterocycles. The first kappa shape index (κ1) is 31.7. The zero-order valence-corrected chi connectivity index (χ0v) is 28.5. The highest BCUT2D eigenvalue weighted by molar-refractivity contribution is 9.10. The molecule has 2 N–H and O–H groups in total. The first-order chi connectivity index (χ1) is 19.7. The van der Waals surface area contributed by atoms with Gasteiger partial charge in [0.05, 0.1) is 9.53 Å². The number of ether oxygens (including phenoxy) is 1. The summed E-state index contributed by atoms with van der Waals surface area (Å²) in [5.41, 5.74) is 0.537. The largest absolute Gasteiger partial charge is 0.532 e. The van der Waals surface area contributed by atoms with Gasteiger partial charge in [-0.25, -0.2) is 9.78 Å². The number of rotatable bonds is 8. The average molecular weight is 669 g/mol. The van der Waals surface area contributed by atoms with Crippen molar-refractivity contribution in [2.24, 2.45) is 0 Å². The molecule has 1 atom stereocenters. The Kier molecular flexibility index (Phi) is 9.49. The zero-order chi connectivity index (χ0) is 30.7. The number of carbonyl (C=O) groups excluding carboxylic acids is 2. The number of aromatic nitrogens is 1. The molecule has 0 saturated carbocycles. The van der Waals surface area contributed by atoms with Crippen molar-refractivity contribution >= 4 is 79.0 Å². The van der Waals surface area contributed by atoms with Crippen LogP contribution in [0.5, 0.6) is 5.75 Å². The molecule has 0 aliphatic heterocycles. The van der Waals surface area contributed by atoms with E-state index in [1.54, 1.807) is 0 Å². The number of fused-ring (bicyclic) bond motifs is 1. The van der Waals surface area contributed by atoms with Gasteiger partial charge in [0.25, 0.3) is 0 Å². The monoisotopic (exact) mass is 667 g/mol. The van der Waals surface area contributed by atoms with Crippen molar-refractivity contribution < 1.29 is 18.8 Å². The van der Waals surface area contributed by atoms with E-state index in [-0.39, 0.29) is 15.8 Å². The lowest BCUT2D eigenvalue weighted by atomic mass is 10.2. The van der Waals surface area contributed by atoms with Crippen molar-refractivity contribution in [2.45, 2.75) is 70.4 Å². The van der Waals surface area contributed by atoms with E-state index in [1.807, 2.05) is 76.2 Å². The summed E-state index contributed by atoms with van der Waals surface area (Å²) < 4.78 is 13.5. The Morgan fingerprint density at radius 2 is 1.50 bits per heavy atom. The molecule has 0 aliphatic rings. The van der Waals surface area contributed by atoms with E-state index in [0.29, 0.717) is 28.5 Å². The minimum Gasteiger partial charge on any atom is -0.532 e. The summed E-state index contributed by atoms with van der Waals surface area (Å²) in [7, 11) is -3.02. The number of benzene rings is 3. The smallest absolute Gasteiger partial charge is 0.413 e. The maximum atomic E-state index is 12.9. The molecule has 1 unspecified atom stereocenters. The van der Waals surface area contributed by atoms with Crippen molar-refractivity contribution in [3.8, 4) is 5.75 Å². The quantitative estimate of drug-likeness (QED) is 0.149. The number of alkyl halides is 1. The number of hydrogen-bond donors (Lipinski definition) is 2. The van der Waals surface area contributed by atoms with Gasteiger partial charge in [-0.05, 0) is 48.7 Å². The van der Waals surface area contributed by atoms with Crippen molar-refractivity contribution in [3.63, 3.8) is 0 Å². The van der Waals surface area contributed by atoms with Gasteiger partial charge in [0.1, 0.15) is 16.9 Å². The topological polar surface area (TPSA) is 89.5 Å². The number of carbonyl (C=O) groups is 2. The number of nitrogens with zero attached hydrogens (tertiary/aromatic N) is 1. The van der Waals surface area contributed by atoms with Crippen LogP contribution in [0.2, 0.25) is 5.04 Å². The SMILES string of the molecule is CCC(Br)C(=O)Nc1cc(O[Si](c2ccccc2)(c2ccccc2)C(C)(C)C)c2nc(NC(=O)OC(C)(C)C)sc2c1. The third kappa shape index (κ3) is 7.04. The summed E-state index contributed by atoms with van der Waals surface area (Å²) in [5, 5.41) is 8.10. The minimum atomic E-state index is -3.02. The summed E-state index contributed by atoms with van der Waals surface area (Å²) in [4.78, 5) is 29.9. The average Bonchev–Trinajstić information content (AvgIpc) is 3.32. The number of amides is 2. The van der Waals surface area contributed by atoms with E-state index in [0.717, 1.165) is 15.1 Å². The highest BCUT2D eigenvalue weighted by Crippen LogP contribution is 2.42. The van der Waals surface area contributed by atoms with Gasteiger partial charge >= 0.3 is 14.4 Å². The van der Waals surface area contributed by atoms with Crippen molar-refractivity contribution in [1.82, 2.24) is 4.98 Å². The first-order valence-corrected chi connectivity index (χ1v) is 17.6. The molecule has 10 heteroatoms. The fraction of sp³-hybridized carbons (Fsp3) is 0.344. The highest BCUT2D eigenvalue weighted by atomic mass is 79.9. The van der Waals surface area contributed by atoms with Gasteiger partial charge in [0, 0.05) is 11.8 Å². The van der Waals surface area contributed by atoms with E-state index < -0.39 is 20.0 Å². The molecule has 0 fully saturated rings. The van der Waals surface area contributed by atoms with Crippen molar-refractivity contribution in [1.29, 1.82) is 0 Å². The normalized spacial score (nSPS) is 13.0. The lowest BCUT2D eigenvalue weighted by molar-refractivity contribution is -0.115.